The van der Waals surface area contributed by atoms with Crippen LogP contribution in [0.3, 0.4) is 0 Å². The van der Waals surface area contributed by atoms with Gasteiger partial charge in [0.25, 0.3) is 0 Å². The molecule has 2 heterocycles. The molecule has 1 N–H and O–H groups in total. The first-order valence-electron chi connectivity index (χ1n) is 6.29. The Bertz CT molecular complexity index is 491. The maximum absolute atomic E-state index is 5.86. The van der Waals surface area contributed by atoms with E-state index in [0.29, 0.717) is 0 Å². The van der Waals surface area contributed by atoms with Gasteiger partial charge in [0.05, 0.1) is 9.83 Å². The summed E-state index contributed by atoms with van der Waals surface area (Å²) in [5, 5.41) is 3.49. The van der Waals surface area contributed by atoms with Crippen molar-refractivity contribution in [3.8, 4) is 0 Å². The Hall–Kier alpha value is -0.580. The lowest BCUT2D eigenvalue weighted by atomic mass is 10.1. The van der Waals surface area contributed by atoms with Crippen molar-refractivity contribution < 1.29 is 4.42 Å². The number of thiophene rings is 1. The van der Waals surface area contributed by atoms with Gasteiger partial charge in [0.15, 0.2) is 0 Å². The maximum Gasteiger partial charge on any atom is 0.121 e. The molecule has 0 fully saturated rings. The predicted octanol–water partition coefficient (Wildman–Crippen LogP) is 4.56. The van der Waals surface area contributed by atoms with E-state index in [2.05, 4.69) is 59.4 Å². The number of aryl methyl sites for hydroxylation is 1. The number of hydrogen-bond donors (Lipinski definition) is 1. The molecule has 0 radical (unpaired) electrons. The van der Waals surface area contributed by atoms with Crippen molar-refractivity contribution in [3.63, 3.8) is 0 Å². The highest BCUT2D eigenvalue weighted by atomic mass is 79.9. The number of nitrogens with one attached hydrogen (secondary N) is 1. The quantitative estimate of drug-likeness (QED) is 0.841. The van der Waals surface area contributed by atoms with Gasteiger partial charge in [-0.05, 0) is 46.7 Å². The summed E-state index contributed by atoms with van der Waals surface area (Å²) in [6.07, 6.45) is 1.92. The molecule has 1 atom stereocenters. The lowest BCUT2D eigenvalue weighted by molar-refractivity contribution is 0.398. The number of hydrogen-bond acceptors (Lipinski definition) is 3. The van der Waals surface area contributed by atoms with E-state index in [9.17, 15) is 0 Å². The van der Waals surface area contributed by atoms with Crippen molar-refractivity contribution in [1.29, 1.82) is 0 Å². The minimum Gasteiger partial charge on any atom is -0.464 e. The Balaban J connectivity index is 2.12. The highest BCUT2D eigenvalue weighted by Crippen LogP contribution is 2.27. The molecule has 2 aromatic heterocycles. The van der Waals surface area contributed by atoms with E-state index in [1.54, 1.807) is 11.3 Å². The molecule has 0 bridgehead atoms. The molecule has 0 saturated heterocycles. The summed E-state index contributed by atoms with van der Waals surface area (Å²) in [4.78, 5) is 1.36. The molecule has 0 saturated carbocycles. The average molecular weight is 328 g/mol. The Labute approximate surface area is 121 Å². The largest absolute Gasteiger partial charge is 0.464 e. The van der Waals surface area contributed by atoms with Crippen LogP contribution in [0.4, 0.5) is 0 Å². The van der Waals surface area contributed by atoms with Gasteiger partial charge in [-0.25, -0.2) is 0 Å². The second-order valence-corrected chi connectivity index (χ2v) is 6.73. The fraction of sp³-hybridized carbons (Fsp3) is 0.429. The van der Waals surface area contributed by atoms with Gasteiger partial charge in [-0.1, -0.05) is 13.8 Å². The van der Waals surface area contributed by atoms with Gasteiger partial charge in [-0.3, -0.25) is 0 Å². The summed E-state index contributed by atoms with van der Waals surface area (Å²) in [7, 11) is 0. The van der Waals surface area contributed by atoms with Gasteiger partial charge >= 0.3 is 0 Å². The summed E-state index contributed by atoms with van der Waals surface area (Å²) < 4.78 is 7.04. The smallest absolute Gasteiger partial charge is 0.121 e. The molecule has 2 nitrogen and oxygen atoms in total. The second kappa shape index (κ2) is 6.55. The maximum atomic E-state index is 5.86. The molecular weight excluding hydrogens is 310 g/mol. The molecule has 0 aliphatic heterocycles. The summed E-state index contributed by atoms with van der Waals surface area (Å²) >= 11 is 5.29. The third-order valence-electron chi connectivity index (χ3n) is 2.86. The van der Waals surface area contributed by atoms with Crippen LogP contribution in [0.1, 0.15) is 36.3 Å². The van der Waals surface area contributed by atoms with Gasteiger partial charge in [0.1, 0.15) is 11.5 Å². The zero-order valence-corrected chi connectivity index (χ0v) is 13.1. The van der Waals surface area contributed by atoms with Crippen LogP contribution >= 0.6 is 27.3 Å². The van der Waals surface area contributed by atoms with Crippen molar-refractivity contribution in [3.05, 3.63) is 44.4 Å². The second-order valence-electron chi connectivity index (χ2n) is 4.18. The zero-order valence-electron chi connectivity index (χ0n) is 10.7. The van der Waals surface area contributed by atoms with Gasteiger partial charge in [-0.15, -0.1) is 11.3 Å². The number of likely N-dealkylation sites (N-methyl/N-ethyl adjacent to an activating group) is 1. The molecule has 0 aliphatic carbocycles. The Kier molecular flexibility index (Phi) is 5.03. The fourth-order valence-corrected chi connectivity index (χ4v) is 3.48. The topological polar surface area (TPSA) is 25.2 Å². The van der Waals surface area contributed by atoms with Crippen LogP contribution in [0.25, 0.3) is 0 Å². The first-order chi connectivity index (χ1) is 8.72. The normalized spacial score (nSPS) is 12.8. The van der Waals surface area contributed by atoms with Gasteiger partial charge < -0.3 is 9.73 Å². The summed E-state index contributed by atoms with van der Waals surface area (Å²) in [6, 6.07) is 8.70. The predicted molar refractivity (Wildman–Crippen MR) is 80.2 cm³/mol. The summed E-state index contributed by atoms with van der Waals surface area (Å²) in [5.74, 6) is 2.10. The van der Waals surface area contributed by atoms with Crippen LogP contribution in [-0.4, -0.2) is 6.54 Å². The molecule has 0 aromatic carbocycles. The van der Waals surface area contributed by atoms with E-state index in [1.165, 1.54) is 8.66 Å². The lowest BCUT2D eigenvalue weighted by Crippen LogP contribution is -2.22. The molecule has 98 valence electrons. The molecule has 4 heteroatoms. The SMILES string of the molecule is CCNC(Cc1ccc(Br)s1)c1ccc(CC)o1. The number of furan rings is 1. The van der Waals surface area contributed by atoms with E-state index in [1.807, 2.05) is 0 Å². The van der Waals surface area contributed by atoms with E-state index >= 15 is 0 Å². The highest BCUT2D eigenvalue weighted by Gasteiger charge is 2.16. The molecule has 0 aliphatic rings. The standard InChI is InChI=1S/C14H18BrNOS/c1-3-10-5-7-13(17-10)12(16-4-2)9-11-6-8-14(15)18-11/h5-8,12,16H,3-4,9H2,1-2H3. The monoisotopic (exact) mass is 327 g/mol. The van der Waals surface area contributed by atoms with E-state index in [4.69, 9.17) is 4.42 Å². The van der Waals surface area contributed by atoms with Crippen LogP contribution in [0.5, 0.6) is 0 Å². The van der Waals surface area contributed by atoms with Crippen LogP contribution in [-0.2, 0) is 12.8 Å². The Morgan fingerprint density at radius 1 is 1.28 bits per heavy atom. The molecule has 2 aromatic rings. The first-order valence-corrected chi connectivity index (χ1v) is 7.90. The fourth-order valence-electron chi connectivity index (χ4n) is 1.95. The molecular formula is C14H18BrNOS. The lowest BCUT2D eigenvalue weighted by Gasteiger charge is -2.14. The molecule has 18 heavy (non-hydrogen) atoms. The van der Waals surface area contributed by atoms with Crippen LogP contribution in [0.15, 0.2) is 32.5 Å². The van der Waals surface area contributed by atoms with E-state index < -0.39 is 0 Å². The summed E-state index contributed by atoms with van der Waals surface area (Å²) in [5.41, 5.74) is 0. The minimum absolute atomic E-state index is 0.265. The van der Waals surface area contributed by atoms with Crippen molar-refractivity contribution in [2.24, 2.45) is 0 Å². The molecule has 0 amide bonds. The van der Waals surface area contributed by atoms with Crippen LogP contribution < -0.4 is 5.32 Å². The van der Waals surface area contributed by atoms with Crippen LogP contribution in [0.2, 0.25) is 0 Å². The zero-order chi connectivity index (χ0) is 13.0. The van der Waals surface area contributed by atoms with Crippen molar-refractivity contribution in [2.75, 3.05) is 6.54 Å². The number of halogens is 1. The van der Waals surface area contributed by atoms with E-state index in [-0.39, 0.29) is 6.04 Å². The molecule has 0 spiro atoms. The Morgan fingerprint density at radius 3 is 2.67 bits per heavy atom. The average Bonchev–Trinajstić information content (AvgIpc) is 2.97. The molecule has 1 unspecified atom stereocenters. The van der Waals surface area contributed by atoms with Crippen molar-refractivity contribution in [2.45, 2.75) is 32.7 Å². The third-order valence-corrected chi connectivity index (χ3v) is 4.50. The highest BCUT2D eigenvalue weighted by molar-refractivity contribution is 9.11. The van der Waals surface area contributed by atoms with Crippen molar-refractivity contribution >= 4 is 27.3 Å². The van der Waals surface area contributed by atoms with Gasteiger partial charge in [0.2, 0.25) is 0 Å². The number of rotatable bonds is 6. The Morgan fingerprint density at radius 2 is 2.11 bits per heavy atom. The van der Waals surface area contributed by atoms with E-state index in [0.717, 1.165) is 30.9 Å². The van der Waals surface area contributed by atoms with Crippen molar-refractivity contribution in [1.82, 2.24) is 5.32 Å². The minimum atomic E-state index is 0.265. The van der Waals surface area contributed by atoms with Crippen LogP contribution in [0, 0.1) is 0 Å². The van der Waals surface area contributed by atoms with Gasteiger partial charge in [0, 0.05) is 17.7 Å². The molecule has 2 rings (SSSR count). The summed E-state index contributed by atoms with van der Waals surface area (Å²) in [6.45, 7) is 5.18. The first kappa shape index (κ1) is 13.8. The third kappa shape index (κ3) is 3.46. The van der Waals surface area contributed by atoms with Gasteiger partial charge in [-0.2, -0.15) is 0 Å².